The number of halogens is 4. The van der Waals surface area contributed by atoms with Gasteiger partial charge >= 0.3 is 0 Å². The summed E-state index contributed by atoms with van der Waals surface area (Å²) in [6, 6.07) is 6.55. The summed E-state index contributed by atoms with van der Waals surface area (Å²) in [5.41, 5.74) is 1.66. The summed E-state index contributed by atoms with van der Waals surface area (Å²) in [5.74, 6) is 0. The molecule has 3 aromatic rings. The van der Waals surface area contributed by atoms with Crippen molar-refractivity contribution in [1.29, 1.82) is 0 Å². The van der Waals surface area contributed by atoms with Crippen LogP contribution < -0.4 is 0 Å². The molecule has 0 radical (unpaired) electrons. The zero-order chi connectivity index (χ0) is 16.7. The SMILES string of the molecule is Cc1ccc(-c2cc(C(F)F)n3ncc(C(F)F)c3n2)cc1C. The number of fused-ring (bicyclic) bond motifs is 1. The summed E-state index contributed by atoms with van der Waals surface area (Å²) in [4.78, 5) is 4.13. The minimum Gasteiger partial charge on any atom is -0.228 e. The van der Waals surface area contributed by atoms with Gasteiger partial charge in [0, 0.05) is 5.56 Å². The summed E-state index contributed by atoms with van der Waals surface area (Å²) in [5, 5.41) is 3.62. The Bertz CT molecular complexity index is 871. The lowest BCUT2D eigenvalue weighted by atomic mass is 10.0. The van der Waals surface area contributed by atoms with E-state index in [1.807, 2.05) is 19.9 Å². The van der Waals surface area contributed by atoms with Crippen molar-refractivity contribution >= 4 is 5.65 Å². The molecule has 0 amide bonds. The molecule has 0 saturated carbocycles. The lowest BCUT2D eigenvalue weighted by Crippen LogP contribution is -2.03. The van der Waals surface area contributed by atoms with Crippen LogP contribution in [-0.4, -0.2) is 14.6 Å². The van der Waals surface area contributed by atoms with E-state index in [-0.39, 0.29) is 11.3 Å². The normalized spacial score (nSPS) is 11.8. The van der Waals surface area contributed by atoms with Gasteiger partial charge in [0.2, 0.25) is 0 Å². The molecule has 0 unspecified atom stereocenters. The van der Waals surface area contributed by atoms with Gasteiger partial charge in [-0.15, -0.1) is 0 Å². The second-order valence-corrected chi connectivity index (χ2v) is 5.30. The molecule has 2 aromatic heterocycles. The Morgan fingerprint density at radius 3 is 2.30 bits per heavy atom. The van der Waals surface area contributed by atoms with Gasteiger partial charge in [-0.1, -0.05) is 12.1 Å². The molecule has 23 heavy (non-hydrogen) atoms. The van der Waals surface area contributed by atoms with E-state index in [1.54, 1.807) is 12.1 Å². The molecule has 3 rings (SSSR count). The van der Waals surface area contributed by atoms with Gasteiger partial charge in [-0.2, -0.15) is 5.10 Å². The van der Waals surface area contributed by atoms with Gasteiger partial charge in [-0.05, 0) is 37.1 Å². The first-order valence-electron chi connectivity index (χ1n) is 6.91. The average Bonchev–Trinajstić information content (AvgIpc) is 2.92. The summed E-state index contributed by atoms with van der Waals surface area (Å²) in [6.07, 6.45) is -4.81. The Hall–Kier alpha value is -2.44. The largest absolute Gasteiger partial charge is 0.280 e. The van der Waals surface area contributed by atoms with E-state index in [4.69, 9.17) is 0 Å². The molecular weight excluding hydrogens is 310 g/mol. The van der Waals surface area contributed by atoms with Crippen molar-refractivity contribution in [3.63, 3.8) is 0 Å². The Kier molecular flexibility index (Phi) is 3.79. The van der Waals surface area contributed by atoms with Crippen molar-refractivity contribution < 1.29 is 17.6 Å². The summed E-state index contributed by atoms with van der Waals surface area (Å²) >= 11 is 0. The van der Waals surface area contributed by atoms with Crippen molar-refractivity contribution in [1.82, 2.24) is 14.6 Å². The third-order valence-corrected chi connectivity index (χ3v) is 3.79. The quantitative estimate of drug-likeness (QED) is 0.643. The fourth-order valence-electron chi connectivity index (χ4n) is 2.36. The Morgan fingerprint density at radius 2 is 1.70 bits per heavy atom. The zero-order valence-corrected chi connectivity index (χ0v) is 12.4. The van der Waals surface area contributed by atoms with E-state index in [9.17, 15) is 17.6 Å². The third-order valence-electron chi connectivity index (χ3n) is 3.79. The Labute approximate surface area is 129 Å². The predicted octanol–water partition coefficient (Wildman–Crippen LogP) is 4.89. The number of nitrogens with zero attached hydrogens (tertiary/aromatic N) is 3. The zero-order valence-electron chi connectivity index (χ0n) is 12.4. The number of hydrogen-bond acceptors (Lipinski definition) is 2. The number of benzene rings is 1. The van der Waals surface area contributed by atoms with E-state index in [1.165, 1.54) is 6.07 Å². The highest BCUT2D eigenvalue weighted by Gasteiger charge is 2.22. The van der Waals surface area contributed by atoms with Crippen molar-refractivity contribution in [2.24, 2.45) is 0 Å². The van der Waals surface area contributed by atoms with Crippen molar-refractivity contribution in [3.05, 3.63) is 52.8 Å². The first kappa shape index (κ1) is 15.5. The Morgan fingerprint density at radius 1 is 0.957 bits per heavy atom. The molecule has 0 aliphatic heterocycles. The maximum absolute atomic E-state index is 13.3. The maximum Gasteiger partial charge on any atom is 0.280 e. The van der Waals surface area contributed by atoms with Crippen LogP contribution in [0.4, 0.5) is 17.6 Å². The van der Waals surface area contributed by atoms with E-state index in [0.29, 0.717) is 5.56 Å². The van der Waals surface area contributed by atoms with Crippen LogP contribution in [0.1, 0.15) is 35.2 Å². The van der Waals surface area contributed by atoms with E-state index in [0.717, 1.165) is 21.8 Å². The summed E-state index contributed by atoms with van der Waals surface area (Å²) in [7, 11) is 0. The van der Waals surface area contributed by atoms with Crippen molar-refractivity contribution in [3.8, 4) is 11.3 Å². The Balaban J connectivity index is 2.28. The van der Waals surface area contributed by atoms with E-state index >= 15 is 0 Å². The van der Waals surface area contributed by atoms with Crippen LogP contribution in [0.2, 0.25) is 0 Å². The second kappa shape index (κ2) is 5.64. The first-order chi connectivity index (χ1) is 10.9. The molecule has 0 fully saturated rings. The van der Waals surface area contributed by atoms with Gasteiger partial charge in [-0.3, -0.25) is 0 Å². The molecule has 3 nitrogen and oxygen atoms in total. The lowest BCUT2D eigenvalue weighted by Gasteiger charge is -2.10. The molecular formula is C16H13F4N3. The van der Waals surface area contributed by atoms with Crippen LogP contribution in [0.25, 0.3) is 16.9 Å². The van der Waals surface area contributed by atoms with Gasteiger partial charge in [0.05, 0.1) is 17.5 Å². The smallest absolute Gasteiger partial charge is 0.228 e. The van der Waals surface area contributed by atoms with Crippen LogP contribution >= 0.6 is 0 Å². The number of rotatable bonds is 3. The van der Waals surface area contributed by atoms with Crippen molar-refractivity contribution in [2.45, 2.75) is 26.7 Å². The maximum atomic E-state index is 13.3. The molecule has 0 saturated heterocycles. The van der Waals surface area contributed by atoms with Gasteiger partial charge in [0.25, 0.3) is 12.9 Å². The van der Waals surface area contributed by atoms with Gasteiger partial charge < -0.3 is 0 Å². The summed E-state index contributed by atoms with van der Waals surface area (Å²) in [6.45, 7) is 3.81. The first-order valence-corrected chi connectivity index (χ1v) is 6.91. The van der Waals surface area contributed by atoms with Crippen LogP contribution in [0.5, 0.6) is 0 Å². The van der Waals surface area contributed by atoms with Crippen LogP contribution in [0.15, 0.2) is 30.5 Å². The number of alkyl halides is 4. The highest BCUT2D eigenvalue weighted by Crippen LogP contribution is 2.30. The standard InChI is InChI=1S/C16H13F4N3/c1-8-3-4-10(5-9(8)2)12-6-13(15(19)20)23-16(22-12)11(7-21-23)14(17)18/h3-7,14-15H,1-2H3. The molecule has 0 aliphatic rings. The number of aromatic nitrogens is 3. The number of aryl methyl sites for hydroxylation is 2. The van der Waals surface area contributed by atoms with Gasteiger partial charge in [-0.25, -0.2) is 27.1 Å². The molecule has 2 heterocycles. The molecule has 7 heteroatoms. The van der Waals surface area contributed by atoms with Crippen LogP contribution in [0, 0.1) is 13.8 Å². The monoisotopic (exact) mass is 323 g/mol. The second-order valence-electron chi connectivity index (χ2n) is 5.30. The predicted molar refractivity (Wildman–Crippen MR) is 77.8 cm³/mol. The molecule has 0 atom stereocenters. The molecule has 0 bridgehead atoms. The van der Waals surface area contributed by atoms with Gasteiger partial charge in [0.15, 0.2) is 5.65 Å². The lowest BCUT2D eigenvalue weighted by molar-refractivity contribution is 0.142. The number of hydrogen-bond donors (Lipinski definition) is 0. The minimum atomic E-state index is -2.85. The van der Waals surface area contributed by atoms with Crippen molar-refractivity contribution in [2.75, 3.05) is 0 Å². The fraction of sp³-hybridized carbons (Fsp3) is 0.250. The molecule has 1 aromatic carbocycles. The molecule has 0 spiro atoms. The van der Waals surface area contributed by atoms with E-state index < -0.39 is 24.1 Å². The van der Waals surface area contributed by atoms with Crippen LogP contribution in [0.3, 0.4) is 0 Å². The third kappa shape index (κ3) is 2.67. The summed E-state index contributed by atoms with van der Waals surface area (Å²) < 4.78 is 53.4. The molecule has 0 N–H and O–H groups in total. The highest BCUT2D eigenvalue weighted by atomic mass is 19.3. The molecule has 0 aliphatic carbocycles. The van der Waals surface area contributed by atoms with Crippen LogP contribution in [-0.2, 0) is 0 Å². The highest BCUT2D eigenvalue weighted by molar-refractivity contribution is 5.65. The fourth-order valence-corrected chi connectivity index (χ4v) is 2.36. The molecule has 120 valence electrons. The minimum absolute atomic E-state index is 0.221. The topological polar surface area (TPSA) is 30.2 Å². The van der Waals surface area contributed by atoms with Gasteiger partial charge in [0.1, 0.15) is 5.69 Å². The van der Waals surface area contributed by atoms with E-state index in [2.05, 4.69) is 10.1 Å². The average molecular weight is 323 g/mol.